The molecule has 3 aromatic rings. The molecule has 2 aromatic carbocycles. The minimum absolute atomic E-state index is 0.260. The van der Waals surface area contributed by atoms with Gasteiger partial charge >= 0.3 is 0 Å². The van der Waals surface area contributed by atoms with Crippen molar-refractivity contribution in [2.75, 3.05) is 17.7 Å². The minimum Gasteiger partial charge on any atom is -0.495 e. The van der Waals surface area contributed by atoms with E-state index in [-0.39, 0.29) is 17.5 Å². The lowest BCUT2D eigenvalue weighted by atomic mass is 10.1. The van der Waals surface area contributed by atoms with Crippen LogP contribution in [0.15, 0.2) is 42.5 Å². The van der Waals surface area contributed by atoms with E-state index in [9.17, 15) is 4.79 Å². The van der Waals surface area contributed by atoms with Gasteiger partial charge in [-0.15, -0.1) is 0 Å². The lowest BCUT2D eigenvalue weighted by Crippen LogP contribution is -2.16. The van der Waals surface area contributed by atoms with E-state index < -0.39 is 0 Å². The normalized spacial score (nSPS) is 10.5. The number of ether oxygens (including phenoxy) is 1. The molecule has 0 unspecified atom stereocenters. The number of anilines is 3. The van der Waals surface area contributed by atoms with Crippen molar-refractivity contribution < 1.29 is 9.53 Å². The number of nitrogens with one attached hydrogen (secondary N) is 2. The Morgan fingerprint density at radius 2 is 1.79 bits per heavy atom. The number of aryl methyl sites for hydroxylation is 3. The average molecular weight is 397 g/mol. The van der Waals surface area contributed by atoms with Crippen LogP contribution in [0.25, 0.3) is 0 Å². The largest absolute Gasteiger partial charge is 0.495 e. The molecule has 0 saturated carbocycles. The lowest BCUT2D eigenvalue weighted by Gasteiger charge is -2.12. The molecule has 28 heavy (non-hydrogen) atoms. The first-order valence-electron chi connectivity index (χ1n) is 8.70. The van der Waals surface area contributed by atoms with Gasteiger partial charge in [0.15, 0.2) is 0 Å². The van der Waals surface area contributed by atoms with Gasteiger partial charge in [-0.05, 0) is 56.7 Å². The first-order valence-corrected chi connectivity index (χ1v) is 9.08. The van der Waals surface area contributed by atoms with E-state index in [4.69, 9.17) is 16.3 Å². The van der Waals surface area contributed by atoms with Gasteiger partial charge in [0, 0.05) is 16.4 Å². The second-order valence-electron chi connectivity index (χ2n) is 6.46. The summed E-state index contributed by atoms with van der Waals surface area (Å²) in [7, 11) is 1.56. The molecule has 0 atom stereocenters. The third kappa shape index (κ3) is 4.58. The predicted octanol–water partition coefficient (Wildman–Crippen LogP) is 5.06. The van der Waals surface area contributed by atoms with E-state index in [0.29, 0.717) is 22.2 Å². The van der Waals surface area contributed by atoms with Crippen LogP contribution in [0.3, 0.4) is 0 Å². The zero-order valence-corrected chi connectivity index (χ0v) is 16.9. The highest BCUT2D eigenvalue weighted by Crippen LogP contribution is 2.29. The number of carbonyl (C=O) groups is 1. The summed E-state index contributed by atoms with van der Waals surface area (Å²) in [5.74, 6) is 0.570. The molecule has 3 rings (SSSR count). The van der Waals surface area contributed by atoms with E-state index in [2.05, 4.69) is 20.6 Å². The summed E-state index contributed by atoms with van der Waals surface area (Å²) in [6.07, 6.45) is 0. The Kier molecular flexibility index (Phi) is 5.80. The highest BCUT2D eigenvalue weighted by atomic mass is 35.5. The van der Waals surface area contributed by atoms with E-state index in [1.54, 1.807) is 38.3 Å². The molecule has 0 aliphatic carbocycles. The number of aromatic nitrogens is 2. The number of rotatable bonds is 5. The van der Waals surface area contributed by atoms with Crippen LogP contribution in [0.4, 0.5) is 17.3 Å². The molecule has 0 saturated heterocycles. The van der Waals surface area contributed by atoms with Gasteiger partial charge in [-0.25, -0.2) is 9.97 Å². The predicted molar refractivity (Wildman–Crippen MR) is 112 cm³/mol. The van der Waals surface area contributed by atoms with E-state index in [1.807, 2.05) is 32.0 Å². The van der Waals surface area contributed by atoms with Crippen molar-refractivity contribution in [1.82, 2.24) is 9.97 Å². The second kappa shape index (κ2) is 8.27. The Labute approximate surface area is 168 Å². The number of amides is 1. The van der Waals surface area contributed by atoms with Gasteiger partial charge in [0.1, 0.15) is 11.4 Å². The molecule has 1 heterocycles. The van der Waals surface area contributed by atoms with Crippen LogP contribution in [0, 0.1) is 20.8 Å². The average Bonchev–Trinajstić information content (AvgIpc) is 2.63. The Morgan fingerprint density at radius 1 is 1.00 bits per heavy atom. The molecular weight excluding hydrogens is 376 g/mol. The standard InChI is InChI=1S/C21H21ClN4O2/c1-12-5-7-16(13(2)9-12)24-20(27)18-10-14(3)23-21(26-18)25-17-11-15(22)6-8-19(17)28-4/h5-11H,1-4H3,(H,24,27)(H,23,25,26). The number of halogens is 1. The number of hydrogen-bond acceptors (Lipinski definition) is 5. The van der Waals surface area contributed by atoms with Crippen molar-refractivity contribution in [3.63, 3.8) is 0 Å². The van der Waals surface area contributed by atoms with Gasteiger partial charge in [0.05, 0.1) is 12.8 Å². The molecule has 144 valence electrons. The van der Waals surface area contributed by atoms with Crippen LogP contribution in [0.5, 0.6) is 5.75 Å². The molecule has 0 bridgehead atoms. The van der Waals surface area contributed by atoms with Crippen LogP contribution in [0.1, 0.15) is 27.3 Å². The summed E-state index contributed by atoms with van der Waals surface area (Å²) in [5, 5.41) is 6.52. The molecule has 0 fully saturated rings. The smallest absolute Gasteiger partial charge is 0.274 e. The molecule has 0 radical (unpaired) electrons. The highest BCUT2D eigenvalue weighted by molar-refractivity contribution is 6.31. The Morgan fingerprint density at radius 3 is 2.50 bits per heavy atom. The third-order valence-electron chi connectivity index (χ3n) is 4.12. The Hall–Kier alpha value is -3.12. The minimum atomic E-state index is -0.307. The van der Waals surface area contributed by atoms with E-state index in [0.717, 1.165) is 16.8 Å². The SMILES string of the molecule is COc1ccc(Cl)cc1Nc1nc(C)cc(C(=O)Nc2ccc(C)cc2C)n1. The van der Waals surface area contributed by atoms with Crippen LogP contribution >= 0.6 is 11.6 Å². The first kappa shape index (κ1) is 19.6. The Balaban J connectivity index is 1.87. The molecule has 2 N–H and O–H groups in total. The monoisotopic (exact) mass is 396 g/mol. The maximum Gasteiger partial charge on any atom is 0.274 e. The summed E-state index contributed by atoms with van der Waals surface area (Å²) >= 11 is 6.07. The molecule has 0 aliphatic rings. The van der Waals surface area contributed by atoms with Crippen molar-refractivity contribution >= 4 is 34.8 Å². The van der Waals surface area contributed by atoms with E-state index in [1.165, 1.54) is 0 Å². The highest BCUT2D eigenvalue weighted by Gasteiger charge is 2.13. The van der Waals surface area contributed by atoms with Crippen molar-refractivity contribution in [2.45, 2.75) is 20.8 Å². The molecule has 7 heteroatoms. The molecular formula is C21H21ClN4O2. The van der Waals surface area contributed by atoms with Gasteiger partial charge in [-0.1, -0.05) is 29.3 Å². The number of methoxy groups -OCH3 is 1. The maximum absolute atomic E-state index is 12.7. The van der Waals surface area contributed by atoms with Crippen LogP contribution in [-0.4, -0.2) is 23.0 Å². The fourth-order valence-electron chi connectivity index (χ4n) is 2.78. The van der Waals surface area contributed by atoms with Gasteiger partial charge < -0.3 is 15.4 Å². The van der Waals surface area contributed by atoms with Crippen LogP contribution in [0.2, 0.25) is 5.02 Å². The zero-order valence-electron chi connectivity index (χ0n) is 16.1. The van der Waals surface area contributed by atoms with Crippen molar-refractivity contribution in [3.05, 3.63) is 70.0 Å². The van der Waals surface area contributed by atoms with E-state index >= 15 is 0 Å². The van der Waals surface area contributed by atoms with Gasteiger partial charge in [-0.3, -0.25) is 4.79 Å². The summed E-state index contributed by atoms with van der Waals surface area (Å²) in [6.45, 7) is 5.76. The Bertz CT molecular complexity index is 1040. The van der Waals surface area contributed by atoms with Crippen molar-refractivity contribution in [2.24, 2.45) is 0 Å². The number of carbonyl (C=O) groups excluding carboxylic acids is 1. The summed E-state index contributed by atoms with van der Waals surface area (Å²) in [6, 6.07) is 12.7. The van der Waals surface area contributed by atoms with Crippen LogP contribution < -0.4 is 15.4 Å². The van der Waals surface area contributed by atoms with Crippen molar-refractivity contribution in [3.8, 4) is 5.75 Å². The fraction of sp³-hybridized carbons (Fsp3) is 0.190. The first-order chi connectivity index (χ1) is 13.4. The second-order valence-corrected chi connectivity index (χ2v) is 6.90. The third-order valence-corrected chi connectivity index (χ3v) is 4.36. The molecule has 6 nitrogen and oxygen atoms in total. The molecule has 1 amide bonds. The molecule has 0 spiro atoms. The van der Waals surface area contributed by atoms with Gasteiger partial charge in [-0.2, -0.15) is 0 Å². The summed E-state index contributed by atoms with van der Waals surface area (Å²) in [4.78, 5) is 21.4. The topological polar surface area (TPSA) is 76.1 Å². The number of hydrogen-bond donors (Lipinski definition) is 2. The lowest BCUT2D eigenvalue weighted by molar-refractivity contribution is 0.102. The van der Waals surface area contributed by atoms with Gasteiger partial charge in [0.2, 0.25) is 5.95 Å². The molecule has 0 aliphatic heterocycles. The van der Waals surface area contributed by atoms with Gasteiger partial charge in [0.25, 0.3) is 5.91 Å². The summed E-state index contributed by atoms with van der Waals surface area (Å²) in [5.41, 5.74) is 4.40. The fourth-order valence-corrected chi connectivity index (χ4v) is 2.95. The maximum atomic E-state index is 12.7. The summed E-state index contributed by atoms with van der Waals surface area (Å²) < 4.78 is 5.33. The zero-order chi connectivity index (χ0) is 20.3. The van der Waals surface area contributed by atoms with Crippen LogP contribution in [-0.2, 0) is 0 Å². The van der Waals surface area contributed by atoms with Crippen molar-refractivity contribution in [1.29, 1.82) is 0 Å². The number of benzene rings is 2. The quantitative estimate of drug-likeness (QED) is 0.630. The molecule has 1 aromatic heterocycles. The number of nitrogens with zero attached hydrogens (tertiary/aromatic N) is 2.